The van der Waals surface area contributed by atoms with Crippen LogP contribution in [0.3, 0.4) is 0 Å². The molecule has 0 saturated carbocycles. The van der Waals surface area contributed by atoms with Crippen molar-refractivity contribution in [3.8, 4) is 5.75 Å². The summed E-state index contributed by atoms with van der Waals surface area (Å²) in [5.41, 5.74) is 0.801. The van der Waals surface area contributed by atoms with Crippen LogP contribution in [0.2, 0.25) is 5.02 Å². The van der Waals surface area contributed by atoms with E-state index in [1.807, 2.05) is 6.07 Å². The lowest BCUT2D eigenvalue weighted by Gasteiger charge is -2.10. The monoisotopic (exact) mass is 291 g/mol. The van der Waals surface area contributed by atoms with E-state index < -0.39 is 0 Å². The van der Waals surface area contributed by atoms with Gasteiger partial charge in [-0.05, 0) is 24.3 Å². The number of rotatable bonds is 6. The van der Waals surface area contributed by atoms with Gasteiger partial charge >= 0.3 is 0 Å². The Morgan fingerprint density at radius 2 is 2.00 bits per heavy atom. The minimum Gasteiger partial charge on any atom is -0.490 e. The summed E-state index contributed by atoms with van der Waals surface area (Å²) in [6.07, 6.45) is 1.45. The maximum atomic E-state index is 12.4. The van der Waals surface area contributed by atoms with Crippen molar-refractivity contribution in [3.05, 3.63) is 58.9 Å². The molecule has 20 heavy (non-hydrogen) atoms. The molecule has 0 atom stereocenters. The van der Waals surface area contributed by atoms with Gasteiger partial charge in [0.25, 0.3) is 0 Å². The first-order valence-electron chi connectivity index (χ1n) is 6.09. The summed E-state index contributed by atoms with van der Waals surface area (Å²) in [5, 5.41) is 0.492. The Balaban J connectivity index is 2.23. The van der Waals surface area contributed by atoms with Gasteiger partial charge < -0.3 is 9.47 Å². The summed E-state index contributed by atoms with van der Waals surface area (Å²) in [6.45, 7) is 0.844. The fraction of sp³-hybridized carbons (Fsp3) is 0.200. The third-order valence-electron chi connectivity index (χ3n) is 2.64. The number of methoxy groups -OCH3 is 1. The Labute approximate surface area is 122 Å². The summed E-state index contributed by atoms with van der Waals surface area (Å²) in [4.78, 5) is 16.4. The van der Waals surface area contributed by atoms with Crippen LogP contribution < -0.4 is 4.74 Å². The van der Waals surface area contributed by atoms with E-state index in [0.29, 0.717) is 35.2 Å². The first kappa shape index (κ1) is 14.5. The summed E-state index contributed by atoms with van der Waals surface area (Å²) >= 11 is 5.77. The number of pyridine rings is 1. The number of carbonyl (C=O) groups excluding carboxylic acids is 1. The largest absolute Gasteiger partial charge is 0.490 e. The number of halogens is 1. The molecule has 0 N–H and O–H groups in total. The molecule has 0 aliphatic heterocycles. The van der Waals surface area contributed by atoms with Crippen LogP contribution in [-0.4, -0.2) is 31.1 Å². The van der Waals surface area contributed by atoms with Gasteiger partial charge in [0.15, 0.2) is 0 Å². The lowest BCUT2D eigenvalue weighted by Crippen LogP contribution is -2.10. The zero-order valence-corrected chi connectivity index (χ0v) is 11.8. The fourth-order valence-corrected chi connectivity index (χ4v) is 1.77. The maximum Gasteiger partial charge on any atom is 0.215 e. The number of aromatic nitrogens is 1. The molecule has 4 nitrogen and oxygen atoms in total. The predicted octanol–water partition coefficient (Wildman–Crippen LogP) is 2.99. The molecule has 0 bridgehead atoms. The summed E-state index contributed by atoms with van der Waals surface area (Å²) in [6, 6.07) is 10.3. The number of nitrogens with zero attached hydrogens (tertiary/aromatic N) is 1. The van der Waals surface area contributed by atoms with Crippen LogP contribution in [-0.2, 0) is 4.74 Å². The topological polar surface area (TPSA) is 48.4 Å². The van der Waals surface area contributed by atoms with Gasteiger partial charge in [0.05, 0.1) is 17.2 Å². The van der Waals surface area contributed by atoms with Crippen molar-refractivity contribution in [3.63, 3.8) is 0 Å². The zero-order valence-electron chi connectivity index (χ0n) is 11.0. The molecule has 0 spiro atoms. The number of carbonyl (C=O) groups is 1. The summed E-state index contributed by atoms with van der Waals surface area (Å²) in [7, 11) is 1.60. The number of para-hydroxylation sites is 1. The maximum absolute atomic E-state index is 12.4. The van der Waals surface area contributed by atoms with E-state index in [1.54, 1.807) is 37.4 Å². The number of hydrogen-bond donors (Lipinski definition) is 0. The molecule has 0 unspecified atom stereocenters. The van der Waals surface area contributed by atoms with E-state index >= 15 is 0 Å². The second-order valence-corrected chi connectivity index (χ2v) is 4.46. The lowest BCUT2D eigenvalue weighted by atomic mass is 10.1. The van der Waals surface area contributed by atoms with Crippen molar-refractivity contribution in [1.29, 1.82) is 0 Å². The Kier molecular flexibility index (Phi) is 5.09. The molecule has 5 heteroatoms. The number of benzene rings is 1. The molecule has 1 aromatic heterocycles. The van der Waals surface area contributed by atoms with Gasteiger partial charge in [-0.3, -0.25) is 9.78 Å². The highest BCUT2D eigenvalue weighted by atomic mass is 35.5. The first-order chi connectivity index (χ1) is 9.72. The van der Waals surface area contributed by atoms with Gasteiger partial charge in [-0.15, -0.1) is 0 Å². The number of ether oxygens (including phenoxy) is 2. The van der Waals surface area contributed by atoms with E-state index in [4.69, 9.17) is 21.1 Å². The second kappa shape index (κ2) is 7.03. The third-order valence-corrected chi connectivity index (χ3v) is 2.86. The molecule has 0 radical (unpaired) electrons. The minimum atomic E-state index is -0.199. The quantitative estimate of drug-likeness (QED) is 0.606. The van der Waals surface area contributed by atoms with Crippen LogP contribution in [0.1, 0.15) is 16.1 Å². The number of ketones is 1. The zero-order chi connectivity index (χ0) is 14.4. The van der Waals surface area contributed by atoms with Crippen molar-refractivity contribution in [2.75, 3.05) is 20.3 Å². The van der Waals surface area contributed by atoms with E-state index in [9.17, 15) is 4.79 Å². The molecule has 104 valence electrons. The predicted molar refractivity (Wildman–Crippen MR) is 76.5 cm³/mol. The van der Waals surface area contributed by atoms with Crippen LogP contribution in [0, 0.1) is 0 Å². The van der Waals surface area contributed by atoms with Gasteiger partial charge in [0, 0.05) is 13.3 Å². The Morgan fingerprint density at radius 3 is 2.70 bits per heavy atom. The molecule has 1 aromatic carbocycles. The fourth-order valence-electron chi connectivity index (χ4n) is 1.66. The average Bonchev–Trinajstić information content (AvgIpc) is 2.48. The number of hydrogen-bond acceptors (Lipinski definition) is 4. The van der Waals surface area contributed by atoms with Crippen molar-refractivity contribution < 1.29 is 14.3 Å². The molecule has 0 aliphatic rings. The molecule has 2 aromatic rings. The van der Waals surface area contributed by atoms with E-state index in [-0.39, 0.29) is 5.78 Å². The van der Waals surface area contributed by atoms with Crippen LogP contribution >= 0.6 is 11.6 Å². The van der Waals surface area contributed by atoms with Gasteiger partial charge in [0.2, 0.25) is 5.78 Å². The molecular formula is C15H14ClNO3. The smallest absolute Gasteiger partial charge is 0.215 e. The SMILES string of the molecule is COCCOc1ccccc1C(=O)c1ccc(Cl)cn1. The normalized spacial score (nSPS) is 10.3. The van der Waals surface area contributed by atoms with Crippen molar-refractivity contribution in [2.24, 2.45) is 0 Å². The van der Waals surface area contributed by atoms with Crippen molar-refractivity contribution >= 4 is 17.4 Å². The molecule has 0 fully saturated rings. The standard InChI is InChI=1S/C15H14ClNO3/c1-19-8-9-20-14-5-3-2-4-12(14)15(18)13-7-6-11(16)10-17-13/h2-7,10H,8-9H2,1H3. The molecule has 0 saturated heterocycles. The average molecular weight is 292 g/mol. The van der Waals surface area contributed by atoms with Gasteiger partial charge in [-0.2, -0.15) is 0 Å². The Morgan fingerprint density at radius 1 is 1.20 bits per heavy atom. The highest BCUT2D eigenvalue weighted by molar-refractivity contribution is 6.30. The van der Waals surface area contributed by atoms with Crippen molar-refractivity contribution in [2.45, 2.75) is 0 Å². The summed E-state index contributed by atoms with van der Waals surface area (Å²) < 4.78 is 10.5. The van der Waals surface area contributed by atoms with E-state index in [2.05, 4.69) is 4.98 Å². The molecule has 2 rings (SSSR count). The Bertz CT molecular complexity index is 584. The van der Waals surface area contributed by atoms with Gasteiger partial charge in [-0.1, -0.05) is 23.7 Å². The highest BCUT2D eigenvalue weighted by Crippen LogP contribution is 2.21. The van der Waals surface area contributed by atoms with Crippen LogP contribution in [0.25, 0.3) is 0 Å². The Hall–Kier alpha value is -1.91. The molecule has 0 amide bonds. The van der Waals surface area contributed by atoms with E-state index in [1.165, 1.54) is 6.20 Å². The highest BCUT2D eigenvalue weighted by Gasteiger charge is 2.15. The minimum absolute atomic E-state index is 0.199. The summed E-state index contributed by atoms with van der Waals surface area (Å²) in [5.74, 6) is 0.320. The van der Waals surface area contributed by atoms with E-state index in [0.717, 1.165) is 0 Å². The lowest BCUT2D eigenvalue weighted by molar-refractivity contribution is 0.102. The van der Waals surface area contributed by atoms with Crippen molar-refractivity contribution in [1.82, 2.24) is 4.98 Å². The molecule has 1 heterocycles. The second-order valence-electron chi connectivity index (χ2n) is 4.03. The molecule has 0 aliphatic carbocycles. The van der Waals surface area contributed by atoms with Crippen LogP contribution in [0.5, 0.6) is 5.75 Å². The molecular weight excluding hydrogens is 278 g/mol. The van der Waals surface area contributed by atoms with Crippen LogP contribution in [0.4, 0.5) is 0 Å². The first-order valence-corrected chi connectivity index (χ1v) is 6.47. The van der Waals surface area contributed by atoms with Crippen LogP contribution in [0.15, 0.2) is 42.6 Å². The van der Waals surface area contributed by atoms with Gasteiger partial charge in [-0.25, -0.2) is 0 Å². The third kappa shape index (κ3) is 3.56. The van der Waals surface area contributed by atoms with Gasteiger partial charge in [0.1, 0.15) is 18.1 Å².